The number of aromatic nitrogens is 2. The molecule has 1 aromatic carbocycles. The molecule has 2 aromatic rings. The highest BCUT2D eigenvalue weighted by Gasteiger charge is 2.16. The lowest BCUT2D eigenvalue weighted by Crippen LogP contribution is -2.26. The molecule has 1 atom stereocenters. The Bertz CT molecular complexity index is 726. The molecule has 0 aliphatic carbocycles. The Morgan fingerprint density at radius 3 is 2.75 bits per heavy atom. The maximum absolute atomic E-state index is 11.1. The molecule has 0 bridgehead atoms. The maximum Gasteiger partial charge on any atom is 0.208 e. The van der Waals surface area contributed by atoms with Gasteiger partial charge in [0, 0.05) is 13.1 Å². The van der Waals surface area contributed by atoms with Gasteiger partial charge in [0.2, 0.25) is 10.0 Å². The monoisotopic (exact) mass is 335 g/mol. The van der Waals surface area contributed by atoms with Crippen molar-refractivity contribution in [3.8, 4) is 0 Å². The number of alkyl halides is 1. The molecule has 5 nitrogen and oxygen atoms in total. The van der Waals surface area contributed by atoms with Crippen molar-refractivity contribution in [1.29, 1.82) is 0 Å². The van der Waals surface area contributed by atoms with Crippen LogP contribution in [0.1, 0.15) is 18.1 Å². The molecule has 0 saturated heterocycles. The van der Waals surface area contributed by atoms with Gasteiger partial charge < -0.3 is 4.57 Å². The van der Waals surface area contributed by atoms with Crippen molar-refractivity contribution >= 4 is 44.3 Å². The van der Waals surface area contributed by atoms with Crippen LogP contribution in [0.3, 0.4) is 0 Å². The first-order chi connectivity index (χ1) is 9.29. The van der Waals surface area contributed by atoms with E-state index >= 15 is 0 Å². The Labute approximate surface area is 127 Å². The van der Waals surface area contributed by atoms with Crippen LogP contribution in [0.4, 0.5) is 0 Å². The molecular formula is C12H15Cl2N3O2S. The molecule has 0 amide bonds. The quantitative estimate of drug-likeness (QED) is 0.854. The molecule has 1 heterocycles. The molecule has 0 saturated carbocycles. The van der Waals surface area contributed by atoms with E-state index in [4.69, 9.17) is 23.2 Å². The molecule has 8 heteroatoms. The first-order valence-corrected chi connectivity index (χ1v) is 8.73. The number of nitrogens with one attached hydrogen (secondary N) is 1. The van der Waals surface area contributed by atoms with Gasteiger partial charge in [-0.05, 0) is 19.1 Å². The average molecular weight is 336 g/mol. The Balaban J connectivity index is 2.41. The molecule has 0 fully saturated rings. The Kier molecular flexibility index (Phi) is 4.59. The lowest BCUT2D eigenvalue weighted by Gasteiger charge is -2.11. The van der Waals surface area contributed by atoms with Crippen molar-refractivity contribution < 1.29 is 8.42 Å². The summed E-state index contributed by atoms with van der Waals surface area (Å²) in [5.41, 5.74) is 1.52. The smallest absolute Gasteiger partial charge is 0.208 e. The van der Waals surface area contributed by atoms with E-state index in [1.165, 1.54) is 0 Å². The van der Waals surface area contributed by atoms with Gasteiger partial charge in [-0.2, -0.15) is 0 Å². The highest BCUT2D eigenvalue weighted by atomic mass is 35.5. The minimum atomic E-state index is -3.22. The summed E-state index contributed by atoms with van der Waals surface area (Å²) in [5, 5.41) is 0.273. The summed E-state index contributed by atoms with van der Waals surface area (Å²) in [6, 6.07) is 5.44. The number of hydrogen-bond donors (Lipinski definition) is 1. The van der Waals surface area contributed by atoms with Gasteiger partial charge in [-0.25, -0.2) is 18.1 Å². The Morgan fingerprint density at radius 1 is 1.45 bits per heavy atom. The first-order valence-electron chi connectivity index (χ1n) is 6.03. The fourth-order valence-corrected chi connectivity index (χ4v) is 2.93. The van der Waals surface area contributed by atoms with Crippen LogP contribution in [-0.4, -0.2) is 30.8 Å². The van der Waals surface area contributed by atoms with Gasteiger partial charge in [-0.1, -0.05) is 17.7 Å². The molecule has 1 aromatic heterocycles. The van der Waals surface area contributed by atoms with Crippen molar-refractivity contribution in [2.75, 3.05) is 12.8 Å². The number of halogens is 2. The number of imidazole rings is 1. The second-order valence-electron chi connectivity index (χ2n) is 4.51. The van der Waals surface area contributed by atoms with Crippen molar-refractivity contribution in [2.24, 2.45) is 0 Å². The maximum atomic E-state index is 11.1. The number of rotatable bonds is 5. The predicted octanol–water partition coefficient (Wildman–Crippen LogP) is 2.54. The number of nitrogens with zero attached hydrogens (tertiary/aromatic N) is 2. The van der Waals surface area contributed by atoms with Crippen LogP contribution in [0.15, 0.2) is 18.2 Å². The molecule has 0 radical (unpaired) electrons. The summed E-state index contributed by atoms with van der Waals surface area (Å²) in [7, 11) is -3.22. The zero-order chi connectivity index (χ0) is 14.9. The summed E-state index contributed by atoms with van der Waals surface area (Å²) in [6.45, 7) is 2.49. The average Bonchev–Trinajstić information content (AvgIpc) is 2.68. The molecule has 1 N–H and O–H groups in total. The van der Waals surface area contributed by atoms with Gasteiger partial charge in [-0.15, -0.1) is 11.6 Å². The highest BCUT2D eigenvalue weighted by molar-refractivity contribution is 7.88. The number of fused-ring (bicyclic) bond motifs is 1. The zero-order valence-corrected chi connectivity index (χ0v) is 13.4. The van der Waals surface area contributed by atoms with E-state index in [0.29, 0.717) is 17.4 Å². The van der Waals surface area contributed by atoms with Crippen molar-refractivity contribution in [3.63, 3.8) is 0 Å². The highest BCUT2D eigenvalue weighted by Crippen LogP contribution is 2.28. The third-order valence-corrected chi connectivity index (χ3v) is 4.03. The fourth-order valence-electron chi connectivity index (χ4n) is 2.03. The van der Waals surface area contributed by atoms with E-state index in [-0.39, 0.29) is 11.9 Å². The van der Waals surface area contributed by atoms with Crippen molar-refractivity contribution in [2.45, 2.75) is 18.8 Å². The third kappa shape index (κ3) is 3.44. The largest absolute Gasteiger partial charge is 0.324 e. The van der Waals surface area contributed by atoms with Gasteiger partial charge in [0.1, 0.15) is 5.82 Å². The van der Waals surface area contributed by atoms with Crippen molar-refractivity contribution in [3.05, 3.63) is 29.0 Å². The van der Waals surface area contributed by atoms with Gasteiger partial charge in [0.05, 0.1) is 27.7 Å². The van der Waals surface area contributed by atoms with Crippen LogP contribution >= 0.6 is 23.2 Å². The van der Waals surface area contributed by atoms with E-state index in [9.17, 15) is 8.42 Å². The van der Waals surface area contributed by atoms with Crippen LogP contribution in [0.2, 0.25) is 5.02 Å². The third-order valence-electron chi connectivity index (χ3n) is 2.80. The van der Waals surface area contributed by atoms with E-state index in [2.05, 4.69) is 9.71 Å². The van der Waals surface area contributed by atoms with Crippen LogP contribution in [-0.2, 0) is 16.6 Å². The molecule has 2 rings (SSSR count). The second kappa shape index (κ2) is 5.89. The van der Waals surface area contributed by atoms with E-state index in [1.807, 2.05) is 23.6 Å². The number of benzene rings is 1. The summed E-state index contributed by atoms with van der Waals surface area (Å²) in [4.78, 5) is 4.46. The molecule has 110 valence electrons. The number of hydrogen-bond acceptors (Lipinski definition) is 3. The molecule has 0 aliphatic heterocycles. The first kappa shape index (κ1) is 15.6. The number of para-hydroxylation sites is 1. The summed E-state index contributed by atoms with van der Waals surface area (Å²) >= 11 is 12.3. The van der Waals surface area contributed by atoms with Gasteiger partial charge in [-0.3, -0.25) is 0 Å². The van der Waals surface area contributed by atoms with Gasteiger partial charge >= 0.3 is 0 Å². The van der Waals surface area contributed by atoms with Gasteiger partial charge in [0.15, 0.2) is 0 Å². The van der Waals surface area contributed by atoms with Crippen molar-refractivity contribution in [1.82, 2.24) is 14.3 Å². The Morgan fingerprint density at radius 2 is 2.15 bits per heavy atom. The van der Waals surface area contributed by atoms with Crippen LogP contribution in [0, 0.1) is 0 Å². The molecule has 0 aliphatic rings. The lowest BCUT2D eigenvalue weighted by atomic mass is 10.3. The van der Waals surface area contributed by atoms with E-state index in [1.54, 1.807) is 6.07 Å². The second-order valence-corrected chi connectivity index (χ2v) is 7.41. The standard InChI is InChI=1S/C12H15Cl2N3O2S/c1-8(13)12-16-10-5-3-4-9(14)11(10)17(12)7-6-15-20(2,18)19/h3-5,8,15H,6-7H2,1-2H3. The summed E-state index contributed by atoms with van der Waals surface area (Å²) < 4.78 is 26.5. The van der Waals surface area contributed by atoms with Crippen LogP contribution in [0.5, 0.6) is 0 Å². The minimum absolute atomic E-state index is 0.256. The molecule has 20 heavy (non-hydrogen) atoms. The number of sulfonamides is 1. The van der Waals surface area contributed by atoms with E-state index < -0.39 is 10.0 Å². The topological polar surface area (TPSA) is 64.0 Å². The Hall–Kier alpha value is -0.820. The summed E-state index contributed by atoms with van der Waals surface area (Å²) in [6.07, 6.45) is 1.12. The van der Waals surface area contributed by atoms with E-state index in [0.717, 1.165) is 17.3 Å². The SMILES string of the molecule is CC(Cl)c1nc2cccc(Cl)c2n1CCNS(C)(=O)=O. The lowest BCUT2D eigenvalue weighted by molar-refractivity contribution is 0.577. The van der Waals surface area contributed by atoms with Crippen LogP contribution in [0.25, 0.3) is 11.0 Å². The minimum Gasteiger partial charge on any atom is -0.324 e. The molecule has 1 unspecified atom stereocenters. The fraction of sp³-hybridized carbons (Fsp3) is 0.417. The van der Waals surface area contributed by atoms with Crippen LogP contribution < -0.4 is 4.72 Å². The molecular weight excluding hydrogens is 321 g/mol. The zero-order valence-electron chi connectivity index (χ0n) is 11.1. The molecule has 0 spiro atoms. The van der Waals surface area contributed by atoms with Gasteiger partial charge in [0.25, 0.3) is 0 Å². The normalized spacial score (nSPS) is 13.8. The summed E-state index contributed by atoms with van der Waals surface area (Å²) in [5.74, 6) is 0.671. The predicted molar refractivity (Wildman–Crippen MR) is 81.9 cm³/mol.